The van der Waals surface area contributed by atoms with Crippen molar-refractivity contribution < 1.29 is 32.6 Å². The number of benzene rings is 1. The van der Waals surface area contributed by atoms with E-state index in [1.807, 2.05) is 31.7 Å². The standard InChI is InChI=1S/C33H33F2N7O5S/c1-32(2,3)46-30(43)40-28-15(9-36)23-26(37-11-19(34)27(23)48-28)22-18-14-45-13-17(18)16-10-38-29(39-25(16)24(22)35)42-12-21-20(42)7-8-41(21)31(44)47-33(4,5)6/h10-11,20-21H,7-8,12-14H2,1-6H3,(H,40,43). The zero-order chi connectivity index (χ0) is 34.3. The molecular weight excluding hydrogens is 644 g/mol. The molecule has 4 aromatic rings. The average molecular weight is 678 g/mol. The van der Waals surface area contributed by atoms with E-state index in [1.54, 1.807) is 31.9 Å². The van der Waals surface area contributed by atoms with Crippen LogP contribution in [0.2, 0.25) is 0 Å². The smallest absolute Gasteiger partial charge is 0.412 e. The zero-order valence-electron chi connectivity index (χ0n) is 27.2. The lowest BCUT2D eigenvalue weighted by atomic mass is 9.94. The molecule has 6 heterocycles. The second-order valence-electron chi connectivity index (χ2n) is 14.0. The number of aromatic nitrogens is 3. The third kappa shape index (κ3) is 5.32. The molecule has 3 aliphatic rings. The maximum atomic E-state index is 16.9. The minimum absolute atomic E-state index is 0.0283. The van der Waals surface area contributed by atoms with Crippen molar-refractivity contribution in [1.82, 2.24) is 19.9 Å². The molecule has 15 heteroatoms. The fraction of sp³-hybridized carbons (Fsp3) is 0.455. The number of halogens is 2. The largest absolute Gasteiger partial charge is 0.444 e. The van der Waals surface area contributed by atoms with Crippen molar-refractivity contribution in [2.45, 2.75) is 84.5 Å². The molecule has 0 bridgehead atoms. The maximum Gasteiger partial charge on any atom is 0.412 e. The molecule has 2 saturated heterocycles. The number of ether oxygens (including phenoxy) is 3. The lowest BCUT2D eigenvalue weighted by molar-refractivity contribution is 0.0192. The van der Waals surface area contributed by atoms with Crippen LogP contribution in [0.15, 0.2) is 12.4 Å². The Morgan fingerprint density at radius 2 is 1.79 bits per heavy atom. The molecule has 2 unspecified atom stereocenters. The first-order chi connectivity index (χ1) is 22.6. The van der Waals surface area contributed by atoms with Gasteiger partial charge in [-0.15, -0.1) is 11.3 Å². The summed E-state index contributed by atoms with van der Waals surface area (Å²) in [6, 6.07) is 1.92. The van der Waals surface area contributed by atoms with Crippen LogP contribution >= 0.6 is 11.3 Å². The molecule has 0 spiro atoms. The van der Waals surface area contributed by atoms with E-state index in [9.17, 15) is 14.9 Å². The van der Waals surface area contributed by atoms with Crippen LogP contribution in [0.1, 0.15) is 64.7 Å². The number of carbonyl (C=O) groups is 2. The van der Waals surface area contributed by atoms with Crippen LogP contribution in [0.25, 0.3) is 32.2 Å². The summed E-state index contributed by atoms with van der Waals surface area (Å²) < 4.78 is 48.8. The van der Waals surface area contributed by atoms with Crippen LogP contribution in [-0.2, 0) is 27.4 Å². The van der Waals surface area contributed by atoms with E-state index in [4.69, 9.17) is 14.2 Å². The van der Waals surface area contributed by atoms with Gasteiger partial charge in [-0.2, -0.15) is 5.26 Å². The number of nitrogens with zero attached hydrogens (tertiary/aromatic N) is 6. The van der Waals surface area contributed by atoms with Crippen LogP contribution in [-0.4, -0.2) is 68.4 Å². The molecule has 12 nitrogen and oxygen atoms in total. The van der Waals surface area contributed by atoms with Crippen LogP contribution in [0, 0.1) is 23.0 Å². The Labute approximate surface area is 278 Å². The quantitative estimate of drug-likeness (QED) is 0.251. The monoisotopic (exact) mass is 677 g/mol. The van der Waals surface area contributed by atoms with Gasteiger partial charge < -0.3 is 24.0 Å². The van der Waals surface area contributed by atoms with Crippen molar-refractivity contribution in [2.75, 3.05) is 23.3 Å². The molecule has 2 fully saturated rings. The highest BCUT2D eigenvalue weighted by Crippen LogP contribution is 2.46. The summed E-state index contributed by atoms with van der Waals surface area (Å²) in [6.07, 6.45) is 2.05. The molecule has 250 valence electrons. The van der Waals surface area contributed by atoms with Gasteiger partial charge in [0.05, 0.1) is 47.5 Å². The van der Waals surface area contributed by atoms with Crippen LogP contribution in [0.3, 0.4) is 0 Å². The number of nitriles is 1. The van der Waals surface area contributed by atoms with Crippen molar-refractivity contribution in [2.24, 2.45) is 0 Å². The minimum Gasteiger partial charge on any atom is -0.444 e. The predicted molar refractivity (Wildman–Crippen MR) is 174 cm³/mol. The Balaban J connectivity index is 1.30. The fourth-order valence-corrected chi connectivity index (χ4v) is 7.58. The molecule has 0 aliphatic carbocycles. The number of carbonyl (C=O) groups excluding carboxylic acids is 2. The maximum absolute atomic E-state index is 16.9. The Kier molecular flexibility index (Phi) is 7.44. The molecular formula is C33H33F2N7O5S. The number of likely N-dealkylation sites (tertiary alicyclic amines) is 1. The molecule has 2 amide bonds. The van der Waals surface area contributed by atoms with Gasteiger partial charge in [0.25, 0.3) is 0 Å². The predicted octanol–water partition coefficient (Wildman–Crippen LogP) is 6.63. The van der Waals surface area contributed by atoms with Gasteiger partial charge in [0.1, 0.15) is 27.8 Å². The number of fused-ring (bicyclic) bond motifs is 5. The van der Waals surface area contributed by atoms with Gasteiger partial charge >= 0.3 is 12.2 Å². The van der Waals surface area contributed by atoms with Crippen molar-refractivity contribution in [3.63, 3.8) is 0 Å². The second-order valence-corrected chi connectivity index (χ2v) is 15.0. The normalized spacial score (nSPS) is 18.8. The van der Waals surface area contributed by atoms with Crippen molar-refractivity contribution >= 4 is 55.5 Å². The Hall–Kier alpha value is -4.68. The molecule has 1 aromatic carbocycles. The molecule has 48 heavy (non-hydrogen) atoms. The van der Waals surface area contributed by atoms with E-state index in [0.29, 0.717) is 42.0 Å². The van der Waals surface area contributed by atoms with Crippen molar-refractivity contribution in [3.8, 4) is 17.3 Å². The van der Waals surface area contributed by atoms with Gasteiger partial charge in [-0.3, -0.25) is 10.3 Å². The topological polar surface area (TPSA) is 143 Å². The number of amides is 2. The number of anilines is 2. The summed E-state index contributed by atoms with van der Waals surface area (Å²) in [4.78, 5) is 42.6. The van der Waals surface area contributed by atoms with E-state index in [0.717, 1.165) is 17.5 Å². The van der Waals surface area contributed by atoms with Gasteiger partial charge in [0.2, 0.25) is 5.95 Å². The number of rotatable bonds is 3. The summed E-state index contributed by atoms with van der Waals surface area (Å²) in [7, 11) is 0. The summed E-state index contributed by atoms with van der Waals surface area (Å²) in [5.74, 6) is -1.13. The van der Waals surface area contributed by atoms with Gasteiger partial charge in [-0.05, 0) is 59.1 Å². The van der Waals surface area contributed by atoms with Crippen molar-refractivity contribution in [3.05, 3.63) is 40.7 Å². The Morgan fingerprint density at radius 1 is 1.06 bits per heavy atom. The van der Waals surface area contributed by atoms with E-state index in [1.165, 1.54) is 0 Å². The molecule has 0 radical (unpaired) electrons. The highest BCUT2D eigenvalue weighted by atomic mass is 32.1. The second kappa shape index (κ2) is 11.2. The summed E-state index contributed by atoms with van der Waals surface area (Å²) in [5, 5.41) is 13.3. The van der Waals surface area contributed by atoms with E-state index < -0.39 is 28.9 Å². The summed E-state index contributed by atoms with van der Waals surface area (Å²) in [5.41, 5.74) is -0.213. The van der Waals surface area contributed by atoms with Gasteiger partial charge in [0.15, 0.2) is 11.6 Å². The molecule has 2 atom stereocenters. The van der Waals surface area contributed by atoms with E-state index >= 15 is 8.78 Å². The first-order valence-electron chi connectivity index (χ1n) is 15.5. The number of pyridine rings is 1. The van der Waals surface area contributed by atoms with Crippen molar-refractivity contribution in [1.29, 1.82) is 5.26 Å². The SMILES string of the molecule is CC(C)(C)OC(=O)Nc1sc2c(F)cnc(-c3c4c(c5cnc(N6CC7C6CCN7C(=O)OC(C)(C)C)nc5c3F)COC4)c2c1C#N. The average Bonchev–Trinajstić information content (AvgIpc) is 3.68. The van der Waals surface area contributed by atoms with E-state index in [-0.39, 0.29) is 68.8 Å². The lowest BCUT2D eigenvalue weighted by Crippen LogP contribution is -2.63. The van der Waals surface area contributed by atoms with Gasteiger partial charge in [0, 0.05) is 35.6 Å². The summed E-state index contributed by atoms with van der Waals surface area (Å²) in [6.45, 7) is 11.8. The van der Waals surface area contributed by atoms with Crippen LogP contribution in [0.4, 0.5) is 29.3 Å². The number of thiophene rings is 1. The third-order valence-corrected chi connectivity index (χ3v) is 9.61. The fourth-order valence-electron chi connectivity index (χ4n) is 6.54. The first kappa shape index (κ1) is 31.9. The molecule has 3 aliphatic heterocycles. The van der Waals surface area contributed by atoms with Gasteiger partial charge in [-0.25, -0.2) is 28.3 Å². The summed E-state index contributed by atoms with van der Waals surface area (Å²) >= 11 is 0.839. The highest BCUT2D eigenvalue weighted by Gasteiger charge is 2.51. The van der Waals surface area contributed by atoms with Crippen LogP contribution in [0.5, 0.6) is 0 Å². The first-order valence-corrected chi connectivity index (χ1v) is 16.3. The minimum atomic E-state index is -0.819. The van der Waals surface area contributed by atoms with E-state index in [2.05, 4.69) is 20.3 Å². The molecule has 0 saturated carbocycles. The number of nitrogens with one attached hydrogen (secondary N) is 1. The Bertz CT molecular complexity index is 2070. The van der Waals surface area contributed by atoms with Gasteiger partial charge in [-0.1, -0.05) is 0 Å². The number of hydrogen-bond acceptors (Lipinski definition) is 11. The molecule has 7 rings (SSSR count). The van der Waals surface area contributed by atoms with Crippen LogP contribution < -0.4 is 10.2 Å². The molecule has 1 N–H and O–H groups in total. The zero-order valence-corrected chi connectivity index (χ0v) is 28.1. The third-order valence-electron chi connectivity index (χ3n) is 8.50. The molecule has 3 aromatic heterocycles. The number of hydrogen-bond donors (Lipinski definition) is 1. The lowest BCUT2D eigenvalue weighted by Gasteiger charge is -2.46. The Morgan fingerprint density at radius 3 is 2.50 bits per heavy atom. The highest BCUT2D eigenvalue weighted by molar-refractivity contribution is 7.23.